The molecule has 1 aromatic rings. The van der Waals surface area contributed by atoms with E-state index in [0.717, 1.165) is 18.7 Å². The highest BCUT2D eigenvalue weighted by Crippen LogP contribution is 2.33. The van der Waals surface area contributed by atoms with Crippen LogP contribution >= 0.6 is 0 Å². The number of anilines is 2. The number of carbonyl (C=O) groups is 1. The monoisotopic (exact) mass is 262 g/mol. The second kappa shape index (κ2) is 5.95. The lowest BCUT2D eigenvalue weighted by Gasteiger charge is -2.38. The molecule has 1 saturated heterocycles. The molecule has 0 spiro atoms. The average Bonchev–Trinajstić information content (AvgIpc) is 2.46. The van der Waals surface area contributed by atoms with Gasteiger partial charge in [0, 0.05) is 12.6 Å². The first-order valence-corrected chi connectivity index (χ1v) is 6.92. The Kier molecular flexibility index (Phi) is 4.30. The molecule has 2 rings (SSSR count). The van der Waals surface area contributed by atoms with Gasteiger partial charge in [0.1, 0.15) is 0 Å². The van der Waals surface area contributed by atoms with Crippen molar-refractivity contribution in [1.29, 1.82) is 0 Å². The summed E-state index contributed by atoms with van der Waals surface area (Å²) in [5.41, 5.74) is 8.13. The van der Waals surface area contributed by atoms with Crippen molar-refractivity contribution in [2.24, 2.45) is 0 Å². The van der Waals surface area contributed by atoms with Gasteiger partial charge in [-0.2, -0.15) is 0 Å². The maximum atomic E-state index is 11.7. The van der Waals surface area contributed by atoms with Gasteiger partial charge in [0.25, 0.3) is 0 Å². The Hall–Kier alpha value is -1.71. The summed E-state index contributed by atoms with van der Waals surface area (Å²) in [6, 6.07) is 6.11. The van der Waals surface area contributed by atoms with E-state index in [-0.39, 0.29) is 5.97 Å². The molecule has 19 heavy (non-hydrogen) atoms. The molecule has 104 valence electrons. The second-order valence-electron chi connectivity index (χ2n) is 4.98. The number of esters is 1. The predicted molar refractivity (Wildman–Crippen MR) is 77.5 cm³/mol. The topological polar surface area (TPSA) is 55.6 Å². The highest BCUT2D eigenvalue weighted by Gasteiger charge is 2.24. The Morgan fingerprint density at radius 1 is 1.47 bits per heavy atom. The predicted octanol–water partition coefficient (Wildman–Crippen LogP) is 2.82. The number of nitrogen functional groups attached to an aromatic ring is 1. The van der Waals surface area contributed by atoms with E-state index < -0.39 is 0 Å². The average molecular weight is 262 g/mol. The zero-order valence-corrected chi connectivity index (χ0v) is 11.7. The number of nitrogens with zero attached hydrogens (tertiary/aromatic N) is 1. The Morgan fingerprint density at radius 3 is 2.95 bits per heavy atom. The molecular weight excluding hydrogens is 240 g/mol. The third-order valence-corrected chi connectivity index (χ3v) is 3.90. The maximum Gasteiger partial charge on any atom is 0.340 e. The summed E-state index contributed by atoms with van der Waals surface area (Å²) in [7, 11) is 1.38. The molecule has 1 fully saturated rings. The van der Waals surface area contributed by atoms with Gasteiger partial charge in [-0.3, -0.25) is 0 Å². The van der Waals surface area contributed by atoms with Gasteiger partial charge in [-0.25, -0.2) is 4.79 Å². The number of benzene rings is 1. The van der Waals surface area contributed by atoms with Crippen LogP contribution in [0.15, 0.2) is 18.2 Å². The molecule has 1 atom stereocenters. The highest BCUT2D eigenvalue weighted by atomic mass is 16.5. The standard InChI is InChI=1S/C15H22N2O2/c1-3-11-7-4-5-10-17(11)13-9-6-8-12(14(13)16)15(18)19-2/h6,8-9,11H,3-5,7,10,16H2,1-2H3. The van der Waals surface area contributed by atoms with Crippen LogP contribution < -0.4 is 10.6 Å². The molecule has 4 nitrogen and oxygen atoms in total. The third kappa shape index (κ3) is 2.67. The molecule has 1 aromatic carbocycles. The van der Waals surface area contributed by atoms with E-state index in [1.807, 2.05) is 12.1 Å². The van der Waals surface area contributed by atoms with Gasteiger partial charge in [0.2, 0.25) is 0 Å². The third-order valence-electron chi connectivity index (χ3n) is 3.90. The van der Waals surface area contributed by atoms with Crippen molar-refractivity contribution in [1.82, 2.24) is 0 Å². The lowest BCUT2D eigenvalue weighted by atomic mass is 9.98. The summed E-state index contributed by atoms with van der Waals surface area (Å²) in [4.78, 5) is 14.0. The van der Waals surface area contributed by atoms with Crippen molar-refractivity contribution in [2.75, 3.05) is 24.3 Å². The number of ether oxygens (including phenoxy) is 1. The summed E-state index contributed by atoms with van der Waals surface area (Å²) in [5, 5.41) is 0. The zero-order valence-electron chi connectivity index (χ0n) is 11.7. The number of para-hydroxylation sites is 1. The van der Waals surface area contributed by atoms with E-state index >= 15 is 0 Å². The van der Waals surface area contributed by atoms with Crippen LogP contribution in [-0.2, 0) is 4.74 Å². The Bertz CT molecular complexity index is 459. The SMILES string of the molecule is CCC1CCCCN1c1cccc(C(=O)OC)c1N. The van der Waals surface area contributed by atoms with Crippen molar-refractivity contribution in [2.45, 2.75) is 38.6 Å². The van der Waals surface area contributed by atoms with Crippen molar-refractivity contribution >= 4 is 17.3 Å². The van der Waals surface area contributed by atoms with Crippen LogP contribution in [0.1, 0.15) is 43.0 Å². The van der Waals surface area contributed by atoms with E-state index in [9.17, 15) is 4.79 Å². The molecule has 0 aliphatic carbocycles. The molecule has 0 bridgehead atoms. The minimum atomic E-state index is -0.371. The van der Waals surface area contributed by atoms with Gasteiger partial charge in [-0.15, -0.1) is 0 Å². The number of piperidine rings is 1. The molecule has 0 radical (unpaired) electrons. The van der Waals surface area contributed by atoms with E-state index in [1.165, 1.54) is 26.4 Å². The smallest absolute Gasteiger partial charge is 0.340 e. The lowest BCUT2D eigenvalue weighted by Crippen LogP contribution is -2.39. The molecule has 0 amide bonds. The van der Waals surface area contributed by atoms with E-state index in [4.69, 9.17) is 10.5 Å². The summed E-state index contributed by atoms with van der Waals surface area (Å²) in [6.07, 6.45) is 4.74. The van der Waals surface area contributed by atoms with Gasteiger partial charge < -0.3 is 15.4 Å². The molecule has 1 aliphatic rings. The fourth-order valence-corrected chi connectivity index (χ4v) is 2.83. The van der Waals surface area contributed by atoms with E-state index in [1.54, 1.807) is 6.07 Å². The first kappa shape index (κ1) is 13.7. The van der Waals surface area contributed by atoms with Gasteiger partial charge in [0.05, 0.1) is 24.0 Å². The Morgan fingerprint density at radius 2 is 2.26 bits per heavy atom. The first-order valence-electron chi connectivity index (χ1n) is 6.92. The molecule has 1 aliphatic heterocycles. The fourth-order valence-electron chi connectivity index (χ4n) is 2.83. The number of hydrogen-bond donors (Lipinski definition) is 1. The van der Waals surface area contributed by atoms with Crippen LogP contribution in [0.4, 0.5) is 11.4 Å². The fraction of sp³-hybridized carbons (Fsp3) is 0.533. The lowest BCUT2D eigenvalue weighted by molar-refractivity contribution is 0.0602. The molecule has 0 saturated carbocycles. The van der Waals surface area contributed by atoms with Crippen molar-refractivity contribution in [3.63, 3.8) is 0 Å². The molecule has 1 unspecified atom stereocenters. The second-order valence-corrected chi connectivity index (χ2v) is 4.98. The number of hydrogen-bond acceptors (Lipinski definition) is 4. The summed E-state index contributed by atoms with van der Waals surface area (Å²) < 4.78 is 4.78. The van der Waals surface area contributed by atoms with Gasteiger partial charge in [-0.1, -0.05) is 13.0 Å². The first-order chi connectivity index (χ1) is 9.19. The van der Waals surface area contributed by atoms with Crippen LogP contribution in [0.25, 0.3) is 0 Å². The van der Waals surface area contributed by atoms with Gasteiger partial charge in [-0.05, 0) is 37.8 Å². The van der Waals surface area contributed by atoms with Gasteiger partial charge in [0.15, 0.2) is 0 Å². The van der Waals surface area contributed by atoms with Crippen molar-refractivity contribution in [3.05, 3.63) is 23.8 Å². The van der Waals surface area contributed by atoms with Crippen molar-refractivity contribution < 1.29 is 9.53 Å². The quantitative estimate of drug-likeness (QED) is 0.672. The Balaban J connectivity index is 2.36. The summed E-state index contributed by atoms with van der Waals surface area (Å²) >= 11 is 0. The molecule has 1 heterocycles. The van der Waals surface area contributed by atoms with Crippen LogP contribution in [0.2, 0.25) is 0 Å². The van der Waals surface area contributed by atoms with Crippen LogP contribution in [0.5, 0.6) is 0 Å². The molecule has 4 heteroatoms. The summed E-state index contributed by atoms with van der Waals surface area (Å²) in [5.74, 6) is -0.371. The number of nitrogens with two attached hydrogens (primary N) is 1. The van der Waals surface area contributed by atoms with Gasteiger partial charge >= 0.3 is 5.97 Å². The molecule has 2 N–H and O–H groups in total. The highest BCUT2D eigenvalue weighted by molar-refractivity contribution is 5.98. The van der Waals surface area contributed by atoms with Crippen molar-refractivity contribution in [3.8, 4) is 0 Å². The maximum absolute atomic E-state index is 11.7. The number of methoxy groups -OCH3 is 1. The zero-order chi connectivity index (χ0) is 13.8. The molecule has 0 aromatic heterocycles. The normalized spacial score (nSPS) is 19.3. The van der Waals surface area contributed by atoms with E-state index in [2.05, 4.69) is 11.8 Å². The minimum Gasteiger partial charge on any atom is -0.465 e. The van der Waals surface area contributed by atoms with Crippen LogP contribution in [0.3, 0.4) is 0 Å². The largest absolute Gasteiger partial charge is 0.465 e. The Labute approximate surface area is 114 Å². The van der Waals surface area contributed by atoms with Crippen LogP contribution in [-0.4, -0.2) is 25.7 Å². The van der Waals surface area contributed by atoms with Crippen LogP contribution in [0, 0.1) is 0 Å². The van der Waals surface area contributed by atoms with E-state index in [0.29, 0.717) is 17.3 Å². The number of rotatable bonds is 3. The number of carbonyl (C=O) groups excluding carboxylic acids is 1. The molecular formula is C15H22N2O2. The summed E-state index contributed by atoms with van der Waals surface area (Å²) in [6.45, 7) is 3.21. The minimum absolute atomic E-state index is 0.371.